The Hall–Kier alpha value is -0.860. The summed E-state index contributed by atoms with van der Waals surface area (Å²) in [5, 5.41) is 3.54. The molecule has 1 saturated carbocycles. The summed E-state index contributed by atoms with van der Waals surface area (Å²) in [6.07, 6.45) is 7.59. The van der Waals surface area contributed by atoms with E-state index in [2.05, 4.69) is 50.5 Å². The zero-order valence-electron chi connectivity index (χ0n) is 13.2. The maximum atomic E-state index is 6.33. The van der Waals surface area contributed by atoms with Crippen molar-refractivity contribution in [1.29, 1.82) is 0 Å². The van der Waals surface area contributed by atoms with E-state index in [4.69, 9.17) is 4.74 Å². The van der Waals surface area contributed by atoms with Crippen molar-refractivity contribution < 1.29 is 4.74 Å². The summed E-state index contributed by atoms with van der Waals surface area (Å²) in [7, 11) is 2.07. The summed E-state index contributed by atoms with van der Waals surface area (Å²) in [4.78, 5) is 0. The van der Waals surface area contributed by atoms with Crippen molar-refractivity contribution in [3.05, 3.63) is 35.4 Å². The van der Waals surface area contributed by atoms with Crippen LogP contribution in [0.5, 0.6) is 0 Å². The first-order valence-electron chi connectivity index (χ1n) is 8.09. The van der Waals surface area contributed by atoms with Crippen LogP contribution in [-0.4, -0.2) is 19.3 Å². The third-order valence-electron chi connectivity index (χ3n) is 4.61. The predicted octanol–water partition coefficient (Wildman–Crippen LogP) is 4.39. The molecule has 1 aromatic carbocycles. The molecule has 0 heterocycles. The van der Waals surface area contributed by atoms with Crippen molar-refractivity contribution in [2.45, 2.75) is 64.0 Å². The molecule has 0 spiro atoms. The van der Waals surface area contributed by atoms with Crippen LogP contribution in [0.2, 0.25) is 0 Å². The van der Waals surface area contributed by atoms with E-state index < -0.39 is 0 Å². The number of rotatable bonds is 5. The third kappa shape index (κ3) is 3.42. The lowest BCUT2D eigenvalue weighted by atomic mass is 9.82. The monoisotopic (exact) mass is 275 g/mol. The van der Waals surface area contributed by atoms with Gasteiger partial charge >= 0.3 is 0 Å². The van der Waals surface area contributed by atoms with Crippen molar-refractivity contribution in [2.75, 3.05) is 13.7 Å². The fourth-order valence-electron chi connectivity index (χ4n) is 3.62. The molecule has 1 aliphatic carbocycles. The Morgan fingerprint density at radius 3 is 2.20 bits per heavy atom. The number of benzene rings is 1. The van der Waals surface area contributed by atoms with E-state index in [-0.39, 0.29) is 5.60 Å². The SMILES string of the molecule is CCOC1(C(NC)c2ccc(C)cc2)CCCCCC1. The predicted molar refractivity (Wildman–Crippen MR) is 85.0 cm³/mol. The molecule has 1 atom stereocenters. The quantitative estimate of drug-likeness (QED) is 0.805. The van der Waals surface area contributed by atoms with Crippen LogP contribution < -0.4 is 5.32 Å². The Kier molecular flexibility index (Phi) is 5.62. The fourth-order valence-corrected chi connectivity index (χ4v) is 3.62. The number of likely N-dealkylation sites (N-methyl/N-ethyl adjacent to an activating group) is 1. The van der Waals surface area contributed by atoms with Crippen LogP contribution in [0, 0.1) is 6.92 Å². The van der Waals surface area contributed by atoms with E-state index >= 15 is 0 Å². The molecule has 2 nitrogen and oxygen atoms in total. The first-order chi connectivity index (χ1) is 9.72. The van der Waals surface area contributed by atoms with Gasteiger partial charge in [0.1, 0.15) is 0 Å². The van der Waals surface area contributed by atoms with Gasteiger partial charge in [0.25, 0.3) is 0 Å². The first kappa shape index (κ1) is 15.5. The molecule has 2 heteroatoms. The highest BCUT2D eigenvalue weighted by Crippen LogP contribution is 2.40. The van der Waals surface area contributed by atoms with Gasteiger partial charge in [-0.1, -0.05) is 55.5 Å². The van der Waals surface area contributed by atoms with Crippen molar-refractivity contribution in [3.63, 3.8) is 0 Å². The summed E-state index contributed by atoms with van der Waals surface area (Å²) in [6, 6.07) is 9.21. The Morgan fingerprint density at radius 2 is 1.70 bits per heavy atom. The van der Waals surface area contributed by atoms with Crippen molar-refractivity contribution in [1.82, 2.24) is 5.32 Å². The third-order valence-corrected chi connectivity index (χ3v) is 4.61. The Bertz CT molecular complexity index is 390. The molecule has 20 heavy (non-hydrogen) atoms. The van der Waals surface area contributed by atoms with Gasteiger partial charge in [0.15, 0.2) is 0 Å². The van der Waals surface area contributed by atoms with Gasteiger partial charge in [0.2, 0.25) is 0 Å². The molecule has 1 aromatic rings. The van der Waals surface area contributed by atoms with Gasteiger partial charge in [-0.15, -0.1) is 0 Å². The van der Waals surface area contributed by atoms with Gasteiger partial charge in [-0.2, -0.15) is 0 Å². The van der Waals surface area contributed by atoms with Gasteiger partial charge in [-0.05, 0) is 39.3 Å². The summed E-state index contributed by atoms with van der Waals surface area (Å²) < 4.78 is 6.33. The minimum absolute atomic E-state index is 0.0325. The van der Waals surface area contributed by atoms with Gasteiger partial charge in [-0.3, -0.25) is 0 Å². The van der Waals surface area contributed by atoms with Crippen LogP contribution in [-0.2, 0) is 4.74 Å². The average Bonchev–Trinajstić information content (AvgIpc) is 2.69. The van der Waals surface area contributed by atoms with Crippen LogP contribution >= 0.6 is 0 Å². The highest BCUT2D eigenvalue weighted by molar-refractivity contribution is 5.26. The van der Waals surface area contributed by atoms with Crippen LogP contribution in [0.1, 0.15) is 62.6 Å². The lowest BCUT2D eigenvalue weighted by Crippen LogP contribution is -2.45. The smallest absolute Gasteiger partial charge is 0.0876 e. The number of aryl methyl sites for hydroxylation is 1. The van der Waals surface area contributed by atoms with Crippen LogP contribution in [0.3, 0.4) is 0 Å². The van der Waals surface area contributed by atoms with E-state index in [0.29, 0.717) is 6.04 Å². The molecule has 0 aromatic heterocycles. The average molecular weight is 275 g/mol. The molecule has 0 aliphatic heterocycles. The van der Waals surface area contributed by atoms with Crippen molar-refractivity contribution in [2.24, 2.45) is 0 Å². The molecule has 0 amide bonds. The second kappa shape index (κ2) is 7.24. The molecule has 112 valence electrons. The molecular weight excluding hydrogens is 246 g/mol. The normalized spacial score (nSPS) is 20.4. The number of ether oxygens (including phenoxy) is 1. The Labute approximate surface area is 123 Å². The van der Waals surface area contributed by atoms with E-state index in [9.17, 15) is 0 Å². The fraction of sp³-hybridized carbons (Fsp3) is 0.667. The topological polar surface area (TPSA) is 21.3 Å². The van der Waals surface area contributed by atoms with Crippen LogP contribution in [0.4, 0.5) is 0 Å². The van der Waals surface area contributed by atoms with Gasteiger partial charge in [-0.25, -0.2) is 0 Å². The van der Waals surface area contributed by atoms with Crippen molar-refractivity contribution >= 4 is 0 Å². The molecule has 1 unspecified atom stereocenters. The zero-order valence-corrected chi connectivity index (χ0v) is 13.2. The number of hydrogen-bond donors (Lipinski definition) is 1. The highest BCUT2D eigenvalue weighted by atomic mass is 16.5. The molecule has 0 radical (unpaired) electrons. The largest absolute Gasteiger partial charge is 0.373 e. The molecule has 2 rings (SSSR count). The summed E-state index contributed by atoms with van der Waals surface area (Å²) in [5.74, 6) is 0. The van der Waals surface area contributed by atoms with Gasteiger partial charge in [0.05, 0.1) is 11.6 Å². The first-order valence-corrected chi connectivity index (χ1v) is 8.09. The lowest BCUT2D eigenvalue weighted by Gasteiger charge is -2.40. The van der Waals surface area contributed by atoms with E-state index in [1.54, 1.807) is 0 Å². The second-order valence-electron chi connectivity index (χ2n) is 6.04. The standard InChI is InChI=1S/C18H29NO/c1-4-20-18(13-7-5-6-8-14-18)17(19-3)16-11-9-15(2)10-12-16/h9-12,17,19H,4-8,13-14H2,1-3H3. The summed E-state index contributed by atoms with van der Waals surface area (Å²) in [6.45, 7) is 5.06. The molecule has 1 N–H and O–H groups in total. The Morgan fingerprint density at radius 1 is 1.10 bits per heavy atom. The molecule has 1 fully saturated rings. The van der Waals surface area contributed by atoms with Gasteiger partial charge < -0.3 is 10.1 Å². The molecular formula is C18H29NO. The zero-order chi connectivity index (χ0) is 14.4. The maximum absolute atomic E-state index is 6.33. The van der Waals surface area contributed by atoms with E-state index in [0.717, 1.165) is 6.61 Å². The lowest BCUT2D eigenvalue weighted by molar-refractivity contribution is -0.0766. The second-order valence-corrected chi connectivity index (χ2v) is 6.04. The maximum Gasteiger partial charge on any atom is 0.0876 e. The Balaban J connectivity index is 2.30. The highest BCUT2D eigenvalue weighted by Gasteiger charge is 2.39. The molecule has 0 bridgehead atoms. The minimum atomic E-state index is -0.0325. The van der Waals surface area contributed by atoms with Crippen LogP contribution in [0.25, 0.3) is 0 Å². The molecule has 1 aliphatic rings. The van der Waals surface area contributed by atoms with E-state index in [1.165, 1.54) is 49.7 Å². The van der Waals surface area contributed by atoms with Crippen LogP contribution in [0.15, 0.2) is 24.3 Å². The number of nitrogens with one attached hydrogen (secondary N) is 1. The van der Waals surface area contributed by atoms with Crippen molar-refractivity contribution in [3.8, 4) is 0 Å². The summed E-state index contributed by atoms with van der Waals surface area (Å²) >= 11 is 0. The van der Waals surface area contributed by atoms with Gasteiger partial charge in [0, 0.05) is 6.61 Å². The minimum Gasteiger partial charge on any atom is -0.373 e. The molecule has 0 saturated heterocycles. The number of hydrogen-bond acceptors (Lipinski definition) is 2. The summed E-state index contributed by atoms with van der Waals surface area (Å²) in [5.41, 5.74) is 2.64. The van der Waals surface area contributed by atoms with E-state index in [1.807, 2.05) is 0 Å².